The van der Waals surface area contributed by atoms with E-state index in [0.717, 1.165) is 11.1 Å². The maximum Gasteiger partial charge on any atom is 0.227 e. The zero-order valence-corrected chi connectivity index (χ0v) is 19.8. The number of ketones is 1. The smallest absolute Gasteiger partial charge is 0.227 e. The molecule has 2 heterocycles. The Kier molecular flexibility index (Phi) is 7.83. The number of benzene rings is 2. The standard InChI is InChI=1S/C29H29N3O3/c1-21(33)31-26-13-7-11-23(18-26)28(34)19-25(17-22-9-3-2-4-10-22)29(35)32-16-6-5-14-27(32)24-12-8-15-30-20-24/h2-13,15,18,20,25,27H,14,16-17,19H2,1H3,(H,31,33). The molecule has 4 rings (SSSR count). The Morgan fingerprint density at radius 2 is 1.86 bits per heavy atom. The molecule has 0 spiro atoms. The lowest BCUT2D eigenvalue weighted by atomic mass is 9.89. The Balaban J connectivity index is 1.60. The van der Waals surface area contributed by atoms with Crippen LogP contribution in [0, 0.1) is 5.92 Å². The zero-order valence-electron chi connectivity index (χ0n) is 19.8. The fourth-order valence-corrected chi connectivity index (χ4v) is 4.50. The molecule has 1 aliphatic rings. The fraction of sp³-hybridized carbons (Fsp3) is 0.241. The van der Waals surface area contributed by atoms with Crippen molar-refractivity contribution in [2.24, 2.45) is 5.92 Å². The summed E-state index contributed by atoms with van der Waals surface area (Å²) in [7, 11) is 0. The second-order valence-electron chi connectivity index (χ2n) is 8.78. The molecule has 6 heteroatoms. The van der Waals surface area contributed by atoms with Crippen LogP contribution in [0.25, 0.3) is 0 Å². The summed E-state index contributed by atoms with van der Waals surface area (Å²) in [4.78, 5) is 44.8. The van der Waals surface area contributed by atoms with Crippen LogP contribution in [-0.2, 0) is 16.0 Å². The number of carbonyl (C=O) groups excluding carboxylic acids is 3. The summed E-state index contributed by atoms with van der Waals surface area (Å²) < 4.78 is 0. The highest BCUT2D eigenvalue weighted by Gasteiger charge is 2.32. The molecule has 2 aromatic carbocycles. The lowest BCUT2D eigenvalue weighted by Crippen LogP contribution is -2.42. The van der Waals surface area contributed by atoms with Gasteiger partial charge in [-0.2, -0.15) is 0 Å². The number of Topliss-reactive ketones (excluding diaryl/α,β-unsaturated/α-hetero) is 1. The normalized spacial score (nSPS) is 15.9. The predicted octanol–water partition coefficient (Wildman–Crippen LogP) is 5.00. The minimum atomic E-state index is -0.514. The van der Waals surface area contributed by atoms with Crippen LogP contribution < -0.4 is 5.32 Å². The van der Waals surface area contributed by atoms with Gasteiger partial charge in [0.15, 0.2) is 5.78 Å². The van der Waals surface area contributed by atoms with Crippen LogP contribution >= 0.6 is 0 Å². The van der Waals surface area contributed by atoms with Crippen LogP contribution in [0.4, 0.5) is 5.69 Å². The summed E-state index contributed by atoms with van der Waals surface area (Å²) in [5.74, 6) is -0.887. The molecule has 1 N–H and O–H groups in total. The largest absolute Gasteiger partial charge is 0.331 e. The topological polar surface area (TPSA) is 79.4 Å². The Morgan fingerprint density at radius 1 is 1.03 bits per heavy atom. The first-order valence-corrected chi connectivity index (χ1v) is 11.8. The van der Waals surface area contributed by atoms with Crippen LogP contribution in [0.2, 0.25) is 0 Å². The molecule has 35 heavy (non-hydrogen) atoms. The van der Waals surface area contributed by atoms with E-state index in [1.54, 1.807) is 36.7 Å². The second-order valence-corrected chi connectivity index (χ2v) is 8.78. The average molecular weight is 468 g/mol. The van der Waals surface area contributed by atoms with E-state index in [9.17, 15) is 14.4 Å². The Hall–Kier alpha value is -4.06. The van der Waals surface area contributed by atoms with Gasteiger partial charge in [0.05, 0.1) is 6.04 Å². The Bertz CT molecular complexity index is 1210. The minimum absolute atomic E-state index is 0.0431. The molecule has 0 aliphatic carbocycles. The number of hydrogen-bond donors (Lipinski definition) is 1. The van der Waals surface area contributed by atoms with Gasteiger partial charge in [0.25, 0.3) is 0 Å². The van der Waals surface area contributed by atoms with Gasteiger partial charge in [-0.3, -0.25) is 19.4 Å². The second kappa shape index (κ2) is 11.4. The first-order chi connectivity index (χ1) is 17.0. The van der Waals surface area contributed by atoms with Crippen molar-refractivity contribution in [3.05, 3.63) is 108 Å². The van der Waals surface area contributed by atoms with Gasteiger partial charge in [0.2, 0.25) is 11.8 Å². The van der Waals surface area contributed by atoms with Crippen molar-refractivity contribution in [2.75, 3.05) is 11.9 Å². The molecule has 3 aromatic rings. The molecule has 1 aliphatic heterocycles. The number of aromatic nitrogens is 1. The number of nitrogens with one attached hydrogen (secondary N) is 1. The van der Waals surface area contributed by atoms with Gasteiger partial charge in [-0.15, -0.1) is 0 Å². The Labute approximate surface area is 205 Å². The van der Waals surface area contributed by atoms with E-state index in [0.29, 0.717) is 30.6 Å². The van der Waals surface area contributed by atoms with Gasteiger partial charge in [-0.05, 0) is 42.2 Å². The molecule has 2 amide bonds. The molecule has 0 radical (unpaired) electrons. The van der Waals surface area contributed by atoms with Crippen molar-refractivity contribution in [3.63, 3.8) is 0 Å². The van der Waals surface area contributed by atoms with E-state index >= 15 is 0 Å². The van der Waals surface area contributed by atoms with Gasteiger partial charge < -0.3 is 10.2 Å². The number of nitrogens with zero attached hydrogens (tertiary/aromatic N) is 2. The monoisotopic (exact) mass is 467 g/mol. The molecule has 0 saturated carbocycles. The summed E-state index contributed by atoms with van der Waals surface area (Å²) in [5.41, 5.74) is 3.03. The van der Waals surface area contributed by atoms with Crippen molar-refractivity contribution in [1.82, 2.24) is 9.88 Å². The van der Waals surface area contributed by atoms with Crippen LogP contribution in [0.1, 0.15) is 47.3 Å². The van der Waals surface area contributed by atoms with E-state index in [4.69, 9.17) is 0 Å². The van der Waals surface area contributed by atoms with E-state index in [1.807, 2.05) is 53.4 Å². The predicted molar refractivity (Wildman–Crippen MR) is 136 cm³/mol. The molecule has 2 unspecified atom stereocenters. The van der Waals surface area contributed by atoms with Crippen molar-refractivity contribution in [3.8, 4) is 0 Å². The molecule has 6 nitrogen and oxygen atoms in total. The van der Waals surface area contributed by atoms with E-state index < -0.39 is 5.92 Å². The van der Waals surface area contributed by atoms with Gasteiger partial charge in [-0.1, -0.05) is 60.7 Å². The fourth-order valence-electron chi connectivity index (χ4n) is 4.50. The summed E-state index contributed by atoms with van der Waals surface area (Å²) >= 11 is 0. The number of hydrogen-bond acceptors (Lipinski definition) is 4. The lowest BCUT2D eigenvalue weighted by Gasteiger charge is -2.35. The number of amides is 2. The summed E-state index contributed by atoms with van der Waals surface area (Å²) in [6.45, 7) is 1.92. The van der Waals surface area contributed by atoms with Crippen molar-refractivity contribution in [2.45, 2.75) is 32.2 Å². The summed E-state index contributed by atoms with van der Waals surface area (Å²) in [6, 6.07) is 20.4. The van der Waals surface area contributed by atoms with Crippen LogP contribution in [-0.4, -0.2) is 34.0 Å². The van der Waals surface area contributed by atoms with Crippen molar-refractivity contribution in [1.29, 1.82) is 0 Å². The van der Waals surface area contributed by atoms with Crippen molar-refractivity contribution >= 4 is 23.3 Å². The molecule has 178 valence electrons. The highest BCUT2D eigenvalue weighted by Crippen LogP contribution is 2.30. The third-order valence-electron chi connectivity index (χ3n) is 6.17. The van der Waals surface area contributed by atoms with Crippen LogP contribution in [0.15, 0.2) is 91.3 Å². The quantitative estimate of drug-likeness (QED) is 0.373. The minimum Gasteiger partial charge on any atom is -0.331 e. The van der Waals surface area contributed by atoms with Crippen LogP contribution in [0.3, 0.4) is 0 Å². The summed E-state index contributed by atoms with van der Waals surface area (Å²) in [6.07, 6.45) is 8.88. The SMILES string of the molecule is CC(=O)Nc1cccc(C(=O)CC(Cc2ccccc2)C(=O)N2CC=CCC2c2cccnc2)c1. The maximum atomic E-state index is 13.9. The number of pyridine rings is 1. The van der Waals surface area contributed by atoms with E-state index in [-0.39, 0.29) is 30.1 Å². The molecule has 0 bridgehead atoms. The third kappa shape index (κ3) is 6.29. The van der Waals surface area contributed by atoms with Crippen LogP contribution in [0.5, 0.6) is 0 Å². The molecule has 0 saturated heterocycles. The third-order valence-corrected chi connectivity index (χ3v) is 6.17. The average Bonchev–Trinajstić information content (AvgIpc) is 2.89. The summed E-state index contributed by atoms with van der Waals surface area (Å²) in [5, 5.41) is 2.71. The van der Waals surface area contributed by atoms with Gasteiger partial charge in [0, 0.05) is 49.5 Å². The van der Waals surface area contributed by atoms with E-state index in [1.165, 1.54) is 6.92 Å². The first-order valence-electron chi connectivity index (χ1n) is 11.8. The number of anilines is 1. The molecule has 0 fully saturated rings. The molecule has 2 atom stereocenters. The van der Waals surface area contributed by atoms with Gasteiger partial charge in [-0.25, -0.2) is 0 Å². The zero-order chi connectivity index (χ0) is 24.6. The lowest BCUT2D eigenvalue weighted by molar-refractivity contribution is -0.137. The highest BCUT2D eigenvalue weighted by atomic mass is 16.2. The maximum absolute atomic E-state index is 13.9. The number of rotatable bonds is 8. The van der Waals surface area contributed by atoms with Gasteiger partial charge in [0.1, 0.15) is 0 Å². The molecule has 1 aromatic heterocycles. The molecular weight excluding hydrogens is 438 g/mol. The Morgan fingerprint density at radius 3 is 2.60 bits per heavy atom. The molecular formula is C29H29N3O3. The highest BCUT2D eigenvalue weighted by molar-refractivity contribution is 6.00. The van der Waals surface area contributed by atoms with E-state index in [2.05, 4.69) is 16.4 Å². The first kappa shape index (κ1) is 24.1. The van der Waals surface area contributed by atoms with Gasteiger partial charge >= 0.3 is 0 Å². The number of carbonyl (C=O) groups is 3. The van der Waals surface area contributed by atoms with Crippen molar-refractivity contribution < 1.29 is 14.4 Å².